The molecule has 0 radical (unpaired) electrons. The number of benzene rings is 2. The number of ketones is 1. The standard InChI is InChI=1S/C24H25ClN2O5/c1-31-19-8-4-17(5-9-19)22(28)20-21(16-2-6-18(25)7-3-16)27(24(30)23(20)29)11-10-26-12-14-32-15-13-26/h2-9,21,28H,10-15H2,1H3/p+1. The molecule has 1 unspecified atom stereocenters. The lowest BCUT2D eigenvalue weighted by molar-refractivity contribution is -0.907. The van der Waals surface area contributed by atoms with E-state index in [0.29, 0.717) is 42.6 Å². The van der Waals surface area contributed by atoms with E-state index in [1.165, 1.54) is 4.90 Å². The number of rotatable bonds is 6. The first kappa shape index (κ1) is 22.3. The van der Waals surface area contributed by atoms with Gasteiger partial charge in [-0.05, 0) is 42.0 Å². The number of carbonyl (C=O) groups excluding carboxylic acids is 2. The summed E-state index contributed by atoms with van der Waals surface area (Å²) in [5.74, 6) is -0.861. The van der Waals surface area contributed by atoms with Crippen molar-refractivity contribution in [2.24, 2.45) is 0 Å². The highest BCUT2D eigenvalue weighted by atomic mass is 35.5. The van der Waals surface area contributed by atoms with Crippen LogP contribution in [0.5, 0.6) is 5.75 Å². The summed E-state index contributed by atoms with van der Waals surface area (Å²) in [6.07, 6.45) is 0. The number of Topliss-reactive ketones (excluding diaryl/α,β-unsaturated/α-hetero) is 1. The van der Waals surface area contributed by atoms with Crippen LogP contribution in [0.4, 0.5) is 0 Å². The predicted octanol–water partition coefficient (Wildman–Crippen LogP) is 1.69. The van der Waals surface area contributed by atoms with E-state index in [4.69, 9.17) is 21.1 Å². The van der Waals surface area contributed by atoms with Crippen LogP contribution < -0.4 is 9.64 Å². The Morgan fingerprint density at radius 2 is 1.78 bits per heavy atom. The van der Waals surface area contributed by atoms with Gasteiger partial charge >= 0.3 is 0 Å². The SMILES string of the molecule is COc1ccc(C(O)=C2C(=O)C(=O)N(CC[NH+]3CCOCC3)C2c2ccc(Cl)cc2)cc1. The molecule has 0 saturated carbocycles. The van der Waals surface area contributed by atoms with Gasteiger partial charge < -0.3 is 24.4 Å². The third-order valence-corrected chi connectivity index (χ3v) is 6.25. The van der Waals surface area contributed by atoms with Crippen molar-refractivity contribution >= 4 is 29.1 Å². The van der Waals surface area contributed by atoms with Crippen LogP contribution >= 0.6 is 11.6 Å². The van der Waals surface area contributed by atoms with Crippen molar-refractivity contribution in [3.63, 3.8) is 0 Å². The zero-order valence-corrected chi connectivity index (χ0v) is 18.6. The number of quaternary nitrogens is 1. The average molecular weight is 458 g/mol. The van der Waals surface area contributed by atoms with E-state index in [1.807, 2.05) is 0 Å². The second kappa shape index (κ2) is 9.73. The van der Waals surface area contributed by atoms with Crippen molar-refractivity contribution in [2.75, 3.05) is 46.5 Å². The van der Waals surface area contributed by atoms with E-state index in [2.05, 4.69) is 0 Å². The molecule has 32 heavy (non-hydrogen) atoms. The molecule has 2 aromatic carbocycles. The molecule has 1 amide bonds. The Kier molecular flexibility index (Phi) is 6.79. The summed E-state index contributed by atoms with van der Waals surface area (Å²) in [7, 11) is 1.55. The van der Waals surface area contributed by atoms with E-state index in [9.17, 15) is 14.7 Å². The molecular formula is C24H26ClN2O5+. The van der Waals surface area contributed by atoms with Gasteiger partial charge in [0, 0.05) is 10.6 Å². The van der Waals surface area contributed by atoms with Crippen LogP contribution in [-0.2, 0) is 14.3 Å². The Morgan fingerprint density at radius 1 is 1.12 bits per heavy atom. The summed E-state index contributed by atoms with van der Waals surface area (Å²) >= 11 is 6.06. The lowest BCUT2D eigenvalue weighted by Gasteiger charge is -2.29. The van der Waals surface area contributed by atoms with E-state index in [0.717, 1.165) is 18.7 Å². The minimum atomic E-state index is -0.685. The Morgan fingerprint density at radius 3 is 2.41 bits per heavy atom. The van der Waals surface area contributed by atoms with Crippen molar-refractivity contribution in [1.29, 1.82) is 0 Å². The van der Waals surface area contributed by atoms with E-state index < -0.39 is 17.7 Å². The maximum absolute atomic E-state index is 13.1. The fourth-order valence-corrected chi connectivity index (χ4v) is 4.32. The third kappa shape index (κ3) is 4.50. The van der Waals surface area contributed by atoms with Gasteiger partial charge in [-0.3, -0.25) is 9.59 Å². The fourth-order valence-electron chi connectivity index (χ4n) is 4.20. The van der Waals surface area contributed by atoms with Gasteiger partial charge in [0.2, 0.25) is 0 Å². The topological polar surface area (TPSA) is 80.5 Å². The van der Waals surface area contributed by atoms with Crippen LogP contribution in [0.3, 0.4) is 0 Å². The first-order valence-corrected chi connectivity index (χ1v) is 11.0. The first-order chi connectivity index (χ1) is 15.5. The number of hydrogen-bond donors (Lipinski definition) is 2. The highest BCUT2D eigenvalue weighted by Gasteiger charge is 2.46. The Balaban J connectivity index is 1.71. The van der Waals surface area contributed by atoms with Crippen molar-refractivity contribution in [3.05, 3.63) is 70.3 Å². The molecule has 0 spiro atoms. The lowest BCUT2D eigenvalue weighted by atomic mass is 9.95. The number of aliphatic hydroxyl groups is 1. The predicted molar refractivity (Wildman–Crippen MR) is 120 cm³/mol. The minimum absolute atomic E-state index is 0.0828. The Labute approximate surface area is 191 Å². The molecule has 1 atom stereocenters. The third-order valence-electron chi connectivity index (χ3n) is 6.00. The van der Waals surface area contributed by atoms with Gasteiger partial charge in [0.25, 0.3) is 11.7 Å². The number of methoxy groups -OCH3 is 1. The summed E-state index contributed by atoms with van der Waals surface area (Å²) in [5.41, 5.74) is 1.25. The van der Waals surface area contributed by atoms with E-state index in [-0.39, 0.29) is 11.3 Å². The smallest absolute Gasteiger partial charge is 0.295 e. The number of nitrogens with zero attached hydrogens (tertiary/aromatic N) is 1. The number of hydrogen-bond acceptors (Lipinski definition) is 5. The normalized spacial score (nSPS) is 21.2. The summed E-state index contributed by atoms with van der Waals surface area (Å²) in [6, 6.07) is 13.1. The average Bonchev–Trinajstić information content (AvgIpc) is 3.08. The number of nitrogens with one attached hydrogen (secondary N) is 1. The van der Waals surface area contributed by atoms with Crippen LogP contribution in [0.1, 0.15) is 17.2 Å². The number of carbonyl (C=O) groups is 2. The Hall–Kier alpha value is -2.87. The molecule has 2 aliphatic rings. The molecule has 2 aliphatic heterocycles. The molecule has 168 valence electrons. The van der Waals surface area contributed by atoms with Crippen LogP contribution in [0, 0.1) is 0 Å². The van der Waals surface area contributed by atoms with Crippen LogP contribution in [-0.4, -0.2) is 68.2 Å². The summed E-state index contributed by atoms with van der Waals surface area (Å²) < 4.78 is 10.6. The van der Waals surface area contributed by atoms with Gasteiger partial charge in [0.1, 0.15) is 24.6 Å². The number of halogens is 1. The molecule has 2 N–H and O–H groups in total. The maximum atomic E-state index is 13.1. The van der Waals surface area contributed by atoms with Crippen LogP contribution in [0.15, 0.2) is 54.1 Å². The molecule has 2 aromatic rings. The van der Waals surface area contributed by atoms with Gasteiger partial charge in [-0.2, -0.15) is 0 Å². The van der Waals surface area contributed by atoms with E-state index in [1.54, 1.807) is 60.5 Å². The van der Waals surface area contributed by atoms with Crippen molar-refractivity contribution in [3.8, 4) is 5.75 Å². The van der Waals surface area contributed by atoms with Gasteiger partial charge in [-0.1, -0.05) is 23.7 Å². The van der Waals surface area contributed by atoms with Gasteiger partial charge in [0.15, 0.2) is 0 Å². The first-order valence-electron chi connectivity index (χ1n) is 10.6. The lowest BCUT2D eigenvalue weighted by Crippen LogP contribution is -3.14. The molecule has 2 saturated heterocycles. The second-order valence-electron chi connectivity index (χ2n) is 7.88. The van der Waals surface area contributed by atoms with Crippen molar-refractivity contribution in [2.45, 2.75) is 6.04 Å². The molecule has 2 heterocycles. The molecule has 8 heteroatoms. The Bertz CT molecular complexity index is 1010. The molecule has 4 rings (SSSR count). The highest BCUT2D eigenvalue weighted by molar-refractivity contribution is 6.46. The number of ether oxygens (including phenoxy) is 2. The quantitative estimate of drug-likeness (QED) is 0.392. The summed E-state index contributed by atoms with van der Waals surface area (Å²) in [5, 5.41) is 11.6. The summed E-state index contributed by atoms with van der Waals surface area (Å²) in [6.45, 7) is 4.19. The van der Waals surface area contributed by atoms with Gasteiger partial charge in [0.05, 0.1) is 45.0 Å². The molecule has 0 aromatic heterocycles. The van der Waals surface area contributed by atoms with Gasteiger partial charge in [-0.15, -0.1) is 0 Å². The molecular weight excluding hydrogens is 432 g/mol. The molecule has 0 aliphatic carbocycles. The summed E-state index contributed by atoms with van der Waals surface area (Å²) in [4.78, 5) is 29.0. The number of morpholine rings is 1. The second-order valence-corrected chi connectivity index (χ2v) is 8.32. The number of amides is 1. The largest absolute Gasteiger partial charge is 0.507 e. The van der Waals surface area contributed by atoms with E-state index >= 15 is 0 Å². The van der Waals surface area contributed by atoms with Crippen molar-refractivity contribution in [1.82, 2.24) is 4.90 Å². The molecule has 2 fully saturated rings. The van der Waals surface area contributed by atoms with Gasteiger partial charge in [-0.25, -0.2) is 0 Å². The minimum Gasteiger partial charge on any atom is -0.507 e. The number of likely N-dealkylation sites (tertiary alicyclic amines) is 1. The van der Waals surface area contributed by atoms with Crippen molar-refractivity contribution < 1.29 is 29.1 Å². The number of aliphatic hydroxyl groups excluding tert-OH is 1. The van der Waals surface area contributed by atoms with Crippen LogP contribution in [0.2, 0.25) is 5.02 Å². The molecule has 7 nitrogen and oxygen atoms in total. The van der Waals surface area contributed by atoms with Crippen LogP contribution in [0.25, 0.3) is 5.76 Å². The monoisotopic (exact) mass is 457 g/mol. The highest BCUT2D eigenvalue weighted by Crippen LogP contribution is 2.39. The zero-order chi connectivity index (χ0) is 22.7. The molecule has 0 bridgehead atoms. The maximum Gasteiger partial charge on any atom is 0.295 e. The zero-order valence-electron chi connectivity index (χ0n) is 17.8. The fraction of sp³-hybridized carbons (Fsp3) is 0.333.